The van der Waals surface area contributed by atoms with Crippen LogP contribution < -0.4 is 0 Å². The average Bonchev–Trinajstić information content (AvgIpc) is 2.54. The largest absolute Gasteiger partial charge is 0.404 e. The van der Waals surface area contributed by atoms with Crippen LogP contribution in [0.4, 0.5) is 0 Å². The van der Waals surface area contributed by atoms with Crippen molar-refractivity contribution in [1.29, 1.82) is 0 Å². The molecule has 2 nitrogen and oxygen atoms in total. The molecule has 0 fully saturated rings. The Kier molecular flexibility index (Phi) is 7.24. The molecule has 0 N–H and O–H groups in total. The molecule has 1 aromatic rings. The Hall–Kier alpha value is -1.19. The van der Waals surface area contributed by atoms with Crippen molar-refractivity contribution in [3.63, 3.8) is 0 Å². The van der Waals surface area contributed by atoms with Gasteiger partial charge < -0.3 is 4.43 Å². The quantitative estimate of drug-likeness (QED) is 0.565. The van der Waals surface area contributed by atoms with E-state index < -0.39 is 13.9 Å². The maximum atomic E-state index is 12.2. The summed E-state index contributed by atoms with van der Waals surface area (Å²) in [6, 6.07) is 13.3. The molecule has 1 aromatic carbocycles. The normalized spacial score (nSPS) is 15.0. The maximum Gasteiger partial charge on any atom is 0.193 e. The molecule has 1 rings (SSSR count). The highest BCUT2D eigenvalue weighted by Crippen LogP contribution is 2.31. The summed E-state index contributed by atoms with van der Waals surface area (Å²) in [4.78, 5) is 12.2. The van der Waals surface area contributed by atoms with E-state index in [-0.39, 0.29) is 5.78 Å². The molecule has 0 saturated heterocycles. The molecular weight excluding hydrogens is 288 g/mol. The molecule has 0 saturated carbocycles. The van der Waals surface area contributed by atoms with Crippen molar-refractivity contribution in [1.82, 2.24) is 0 Å². The van der Waals surface area contributed by atoms with E-state index >= 15 is 0 Å². The standard InChI is InChI=1S/C19H30O2Si/c1-6-22(7-2,8-3)21-19(5,17(4)20)16-12-15-18-13-10-9-11-14-18/h9-15H,6-8,16H2,1-5H3/b15-12+/t19-/m1/s1. The molecule has 0 unspecified atom stereocenters. The first-order chi connectivity index (χ1) is 10.4. The van der Waals surface area contributed by atoms with Gasteiger partial charge in [-0.05, 0) is 37.5 Å². The van der Waals surface area contributed by atoms with Crippen molar-refractivity contribution in [3.05, 3.63) is 42.0 Å². The molecule has 1 atom stereocenters. The number of hydrogen-bond donors (Lipinski definition) is 0. The second-order valence-corrected chi connectivity index (χ2v) is 10.8. The summed E-state index contributed by atoms with van der Waals surface area (Å²) in [6.45, 7) is 10.2. The Balaban J connectivity index is 2.87. The van der Waals surface area contributed by atoms with Gasteiger partial charge in [0.1, 0.15) is 5.60 Å². The first kappa shape index (κ1) is 18.9. The molecule has 0 spiro atoms. The summed E-state index contributed by atoms with van der Waals surface area (Å²) in [5.74, 6) is 0.123. The van der Waals surface area contributed by atoms with Crippen LogP contribution in [0.15, 0.2) is 36.4 Å². The molecule has 0 aliphatic heterocycles. The summed E-state index contributed by atoms with van der Waals surface area (Å²) in [5.41, 5.74) is 0.456. The minimum atomic E-state index is -1.80. The summed E-state index contributed by atoms with van der Waals surface area (Å²) >= 11 is 0. The zero-order chi connectivity index (χ0) is 16.6. The Bertz CT molecular complexity index is 483. The van der Waals surface area contributed by atoms with Gasteiger partial charge in [-0.1, -0.05) is 63.3 Å². The van der Waals surface area contributed by atoms with E-state index in [1.54, 1.807) is 6.92 Å². The molecule has 22 heavy (non-hydrogen) atoms. The summed E-state index contributed by atoms with van der Waals surface area (Å²) in [7, 11) is -1.80. The predicted molar refractivity (Wildman–Crippen MR) is 97.5 cm³/mol. The lowest BCUT2D eigenvalue weighted by Gasteiger charge is -2.38. The summed E-state index contributed by atoms with van der Waals surface area (Å²) in [6.07, 6.45) is 4.76. The van der Waals surface area contributed by atoms with Gasteiger partial charge in [-0.2, -0.15) is 0 Å². The first-order valence-corrected chi connectivity index (χ1v) is 10.9. The maximum absolute atomic E-state index is 12.2. The van der Waals surface area contributed by atoms with Crippen LogP contribution in [-0.2, 0) is 9.22 Å². The number of rotatable bonds is 9. The van der Waals surface area contributed by atoms with E-state index in [0.29, 0.717) is 6.42 Å². The van der Waals surface area contributed by atoms with E-state index in [1.807, 2.05) is 25.1 Å². The van der Waals surface area contributed by atoms with Crippen LogP contribution in [0, 0.1) is 0 Å². The monoisotopic (exact) mass is 318 g/mol. The minimum absolute atomic E-state index is 0.123. The average molecular weight is 319 g/mol. The molecule has 0 aliphatic rings. The second kappa shape index (κ2) is 8.44. The van der Waals surface area contributed by atoms with Crippen LogP contribution in [-0.4, -0.2) is 19.7 Å². The van der Waals surface area contributed by atoms with E-state index in [1.165, 1.54) is 0 Å². The van der Waals surface area contributed by atoms with Crippen LogP contribution in [0.1, 0.15) is 46.6 Å². The summed E-state index contributed by atoms with van der Waals surface area (Å²) in [5, 5.41) is 0. The topological polar surface area (TPSA) is 26.3 Å². The highest BCUT2D eigenvalue weighted by atomic mass is 28.4. The molecule has 0 aromatic heterocycles. The van der Waals surface area contributed by atoms with Gasteiger partial charge in [0.15, 0.2) is 14.1 Å². The molecule has 3 heteroatoms. The number of carbonyl (C=O) groups excluding carboxylic acids is 1. The van der Waals surface area contributed by atoms with Crippen molar-refractivity contribution < 1.29 is 9.22 Å². The second-order valence-electron chi connectivity index (χ2n) is 6.15. The SMILES string of the molecule is CC[Si](CC)(CC)O[C@](C)(C/C=C/c1ccccc1)C(C)=O. The van der Waals surface area contributed by atoms with Gasteiger partial charge >= 0.3 is 0 Å². The van der Waals surface area contributed by atoms with Crippen LogP contribution in [0.3, 0.4) is 0 Å². The van der Waals surface area contributed by atoms with Crippen molar-refractivity contribution in [3.8, 4) is 0 Å². The Labute approximate surface area is 136 Å². The van der Waals surface area contributed by atoms with Gasteiger partial charge in [0.05, 0.1) is 0 Å². The molecular formula is C19H30O2Si. The third kappa shape index (κ3) is 4.92. The smallest absolute Gasteiger partial charge is 0.193 e. The van der Waals surface area contributed by atoms with E-state index in [9.17, 15) is 4.79 Å². The zero-order valence-electron chi connectivity index (χ0n) is 14.7. The Morgan fingerprint density at radius 1 is 1.14 bits per heavy atom. The molecule has 122 valence electrons. The van der Waals surface area contributed by atoms with Crippen molar-refractivity contribution >= 4 is 20.2 Å². The predicted octanol–water partition coefficient (Wildman–Crippen LogP) is 5.46. The zero-order valence-corrected chi connectivity index (χ0v) is 15.7. The number of benzene rings is 1. The number of hydrogen-bond acceptors (Lipinski definition) is 2. The summed E-state index contributed by atoms with van der Waals surface area (Å²) < 4.78 is 6.51. The number of ketones is 1. The van der Waals surface area contributed by atoms with Crippen LogP contribution >= 0.6 is 0 Å². The molecule has 0 aliphatic carbocycles. The van der Waals surface area contributed by atoms with Gasteiger partial charge in [0.2, 0.25) is 0 Å². The third-order valence-corrected chi connectivity index (χ3v) is 9.49. The highest BCUT2D eigenvalue weighted by molar-refractivity contribution is 6.73. The minimum Gasteiger partial charge on any atom is -0.404 e. The van der Waals surface area contributed by atoms with Crippen LogP contribution in [0.25, 0.3) is 6.08 Å². The molecule has 0 bridgehead atoms. The van der Waals surface area contributed by atoms with E-state index in [0.717, 1.165) is 23.7 Å². The molecule has 0 amide bonds. The van der Waals surface area contributed by atoms with Gasteiger partial charge in [-0.25, -0.2) is 0 Å². The van der Waals surface area contributed by atoms with Crippen LogP contribution in [0.2, 0.25) is 18.1 Å². The van der Waals surface area contributed by atoms with Gasteiger partial charge in [-0.3, -0.25) is 4.79 Å². The van der Waals surface area contributed by atoms with Gasteiger partial charge in [0, 0.05) is 6.42 Å². The van der Waals surface area contributed by atoms with Gasteiger partial charge in [0.25, 0.3) is 0 Å². The van der Waals surface area contributed by atoms with E-state index in [2.05, 4.69) is 45.1 Å². The third-order valence-electron chi connectivity index (χ3n) is 4.74. The molecule has 0 heterocycles. The van der Waals surface area contributed by atoms with Crippen molar-refractivity contribution in [2.24, 2.45) is 0 Å². The fraction of sp³-hybridized carbons (Fsp3) is 0.526. The van der Waals surface area contributed by atoms with E-state index in [4.69, 9.17) is 4.43 Å². The lowest BCUT2D eigenvalue weighted by atomic mass is 9.97. The van der Waals surface area contributed by atoms with Crippen molar-refractivity contribution in [2.45, 2.75) is 64.8 Å². The fourth-order valence-electron chi connectivity index (χ4n) is 2.69. The highest BCUT2D eigenvalue weighted by Gasteiger charge is 2.40. The molecule has 0 radical (unpaired) electrons. The van der Waals surface area contributed by atoms with Crippen molar-refractivity contribution in [2.75, 3.05) is 0 Å². The first-order valence-electron chi connectivity index (χ1n) is 8.34. The van der Waals surface area contributed by atoms with Crippen LogP contribution in [0.5, 0.6) is 0 Å². The number of carbonyl (C=O) groups is 1. The van der Waals surface area contributed by atoms with Gasteiger partial charge in [-0.15, -0.1) is 0 Å². The Morgan fingerprint density at radius 3 is 2.14 bits per heavy atom. The Morgan fingerprint density at radius 2 is 1.68 bits per heavy atom. The lowest BCUT2D eigenvalue weighted by Crippen LogP contribution is -2.49. The lowest BCUT2D eigenvalue weighted by molar-refractivity contribution is -0.131. The number of Topliss-reactive ketones (excluding diaryl/α,β-unsaturated/α-hetero) is 1. The fourth-order valence-corrected chi connectivity index (χ4v) is 5.80.